The number of rotatable bonds is 7. The molecule has 1 fully saturated rings. The van der Waals surface area contributed by atoms with Crippen LogP contribution in [0.2, 0.25) is 0 Å². The number of amides is 2. The van der Waals surface area contributed by atoms with Crippen molar-refractivity contribution in [3.05, 3.63) is 24.3 Å². The standard InChI is InChI=1S/C19H29N3O2/c1-2-3-6-14-9-11-15(12-10-14)19(24)22-17-8-5-4-7-16(17)21-18(23)13-20/h4-5,7-8,14-15H,2-3,6,9-13,20H2,1H3,(H,21,23)(H,22,24). The number of nitrogens with two attached hydrogens (primary N) is 1. The molecule has 4 N–H and O–H groups in total. The molecule has 0 heterocycles. The van der Waals surface area contributed by atoms with Crippen LogP contribution in [0.4, 0.5) is 11.4 Å². The molecule has 0 spiro atoms. The lowest BCUT2D eigenvalue weighted by Crippen LogP contribution is -2.28. The van der Waals surface area contributed by atoms with E-state index in [2.05, 4.69) is 17.6 Å². The van der Waals surface area contributed by atoms with Gasteiger partial charge in [-0.05, 0) is 43.7 Å². The summed E-state index contributed by atoms with van der Waals surface area (Å²) >= 11 is 0. The van der Waals surface area contributed by atoms with Crippen molar-refractivity contribution >= 4 is 23.2 Å². The van der Waals surface area contributed by atoms with Crippen LogP contribution in [0.3, 0.4) is 0 Å². The maximum atomic E-state index is 12.5. The monoisotopic (exact) mass is 331 g/mol. The summed E-state index contributed by atoms with van der Waals surface area (Å²) in [5, 5.41) is 5.69. The molecular weight excluding hydrogens is 302 g/mol. The number of anilines is 2. The fourth-order valence-electron chi connectivity index (χ4n) is 3.34. The van der Waals surface area contributed by atoms with Gasteiger partial charge >= 0.3 is 0 Å². The highest BCUT2D eigenvalue weighted by Gasteiger charge is 2.26. The van der Waals surface area contributed by atoms with Crippen LogP contribution in [-0.4, -0.2) is 18.4 Å². The van der Waals surface area contributed by atoms with Crippen LogP contribution in [0, 0.1) is 11.8 Å². The van der Waals surface area contributed by atoms with Crippen molar-refractivity contribution in [1.29, 1.82) is 0 Å². The van der Waals surface area contributed by atoms with Crippen LogP contribution in [-0.2, 0) is 9.59 Å². The minimum absolute atomic E-state index is 0.0541. The Morgan fingerprint density at radius 3 is 2.29 bits per heavy atom. The van der Waals surface area contributed by atoms with Gasteiger partial charge in [0.1, 0.15) is 0 Å². The Balaban J connectivity index is 1.90. The highest BCUT2D eigenvalue weighted by Crippen LogP contribution is 2.33. The summed E-state index contributed by atoms with van der Waals surface area (Å²) in [4.78, 5) is 24.0. The smallest absolute Gasteiger partial charge is 0.238 e. The molecule has 132 valence electrons. The molecule has 1 saturated carbocycles. The van der Waals surface area contributed by atoms with Gasteiger partial charge in [0.15, 0.2) is 0 Å². The molecule has 1 aliphatic carbocycles. The summed E-state index contributed by atoms with van der Waals surface area (Å²) in [5.74, 6) is 0.637. The topological polar surface area (TPSA) is 84.2 Å². The normalized spacial score (nSPS) is 20.4. The van der Waals surface area contributed by atoms with E-state index in [9.17, 15) is 9.59 Å². The third kappa shape index (κ3) is 5.34. The fraction of sp³-hybridized carbons (Fsp3) is 0.579. The van der Waals surface area contributed by atoms with Crippen molar-refractivity contribution in [2.45, 2.75) is 51.9 Å². The van der Waals surface area contributed by atoms with Crippen molar-refractivity contribution in [2.24, 2.45) is 17.6 Å². The van der Waals surface area contributed by atoms with Crippen molar-refractivity contribution in [3.63, 3.8) is 0 Å². The minimum atomic E-state index is -0.270. The summed E-state index contributed by atoms with van der Waals surface area (Å²) in [5.41, 5.74) is 6.57. The number of unbranched alkanes of at least 4 members (excludes halogenated alkanes) is 1. The third-order valence-electron chi connectivity index (χ3n) is 4.83. The van der Waals surface area contributed by atoms with Crippen molar-refractivity contribution in [3.8, 4) is 0 Å². The molecule has 0 aliphatic heterocycles. The van der Waals surface area contributed by atoms with E-state index in [0.29, 0.717) is 11.4 Å². The Labute approximate surface area is 144 Å². The summed E-state index contributed by atoms with van der Waals surface area (Å²) in [7, 11) is 0. The molecule has 5 nitrogen and oxygen atoms in total. The first-order valence-corrected chi connectivity index (χ1v) is 9.03. The van der Waals surface area contributed by atoms with Gasteiger partial charge in [-0.25, -0.2) is 0 Å². The first-order valence-electron chi connectivity index (χ1n) is 9.03. The molecular formula is C19H29N3O2. The van der Waals surface area contributed by atoms with Crippen LogP contribution in [0.25, 0.3) is 0 Å². The average Bonchev–Trinajstić information content (AvgIpc) is 2.61. The summed E-state index contributed by atoms with van der Waals surface area (Å²) in [6, 6.07) is 7.23. The van der Waals surface area contributed by atoms with Gasteiger partial charge in [-0.1, -0.05) is 38.3 Å². The second kappa shape index (κ2) is 9.42. The lowest BCUT2D eigenvalue weighted by Gasteiger charge is -2.28. The molecule has 5 heteroatoms. The molecule has 0 aromatic heterocycles. The highest BCUT2D eigenvalue weighted by molar-refractivity contribution is 6.00. The van der Waals surface area contributed by atoms with E-state index in [4.69, 9.17) is 5.73 Å². The number of nitrogens with one attached hydrogen (secondary N) is 2. The van der Waals surface area contributed by atoms with Crippen LogP contribution < -0.4 is 16.4 Å². The third-order valence-corrected chi connectivity index (χ3v) is 4.83. The summed E-state index contributed by atoms with van der Waals surface area (Å²) in [6.45, 7) is 2.14. The molecule has 0 unspecified atom stereocenters. The van der Waals surface area contributed by atoms with Gasteiger partial charge in [-0.15, -0.1) is 0 Å². The molecule has 24 heavy (non-hydrogen) atoms. The van der Waals surface area contributed by atoms with Crippen LogP contribution in [0.1, 0.15) is 51.9 Å². The minimum Gasteiger partial charge on any atom is -0.324 e. The molecule has 0 bridgehead atoms. The van der Waals surface area contributed by atoms with Gasteiger partial charge in [0.05, 0.1) is 17.9 Å². The molecule has 0 atom stereocenters. The highest BCUT2D eigenvalue weighted by atomic mass is 16.2. The van der Waals surface area contributed by atoms with E-state index >= 15 is 0 Å². The van der Waals surface area contributed by atoms with E-state index in [1.165, 1.54) is 19.3 Å². The van der Waals surface area contributed by atoms with E-state index in [0.717, 1.165) is 31.6 Å². The van der Waals surface area contributed by atoms with Crippen LogP contribution >= 0.6 is 0 Å². The van der Waals surface area contributed by atoms with Crippen molar-refractivity contribution in [1.82, 2.24) is 0 Å². The average molecular weight is 331 g/mol. The van der Waals surface area contributed by atoms with Gasteiger partial charge in [-0.3, -0.25) is 9.59 Å². The molecule has 0 radical (unpaired) electrons. The van der Waals surface area contributed by atoms with Crippen molar-refractivity contribution in [2.75, 3.05) is 17.2 Å². The Hall–Kier alpha value is -1.88. The zero-order valence-corrected chi connectivity index (χ0v) is 14.5. The van der Waals surface area contributed by atoms with Gasteiger partial charge in [-0.2, -0.15) is 0 Å². The summed E-state index contributed by atoms with van der Waals surface area (Å²) < 4.78 is 0. The molecule has 1 aromatic rings. The number of hydrogen-bond acceptors (Lipinski definition) is 3. The zero-order chi connectivity index (χ0) is 17.4. The van der Waals surface area contributed by atoms with Gasteiger partial charge < -0.3 is 16.4 Å². The number of hydrogen-bond donors (Lipinski definition) is 3. The Kier molecular flexibility index (Phi) is 7.25. The first-order chi connectivity index (χ1) is 11.6. The molecule has 1 aromatic carbocycles. The first kappa shape index (κ1) is 18.5. The van der Waals surface area contributed by atoms with Crippen LogP contribution in [0.15, 0.2) is 24.3 Å². The maximum Gasteiger partial charge on any atom is 0.238 e. The van der Waals surface area contributed by atoms with E-state index in [-0.39, 0.29) is 24.3 Å². The zero-order valence-electron chi connectivity index (χ0n) is 14.5. The van der Waals surface area contributed by atoms with Crippen molar-refractivity contribution < 1.29 is 9.59 Å². The molecule has 2 rings (SSSR count). The number of carbonyl (C=O) groups excluding carboxylic acids is 2. The van der Waals surface area contributed by atoms with Gasteiger partial charge in [0.25, 0.3) is 0 Å². The predicted molar refractivity (Wildman–Crippen MR) is 97.7 cm³/mol. The number of para-hydroxylation sites is 2. The maximum absolute atomic E-state index is 12.5. The SMILES string of the molecule is CCCCC1CCC(C(=O)Nc2ccccc2NC(=O)CN)CC1. The summed E-state index contributed by atoms with van der Waals surface area (Å²) in [6.07, 6.45) is 8.02. The van der Waals surface area contributed by atoms with E-state index < -0.39 is 0 Å². The Morgan fingerprint density at radius 2 is 1.71 bits per heavy atom. The lowest BCUT2D eigenvalue weighted by atomic mass is 9.79. The molecule has 0 saturated heterocycles. The predicted octanol–water partition coefficient (Wildman–Crippen LogP) is 3.52. The van der Waals surface area contributed by atoms with E-state index in [1.807, 2.05) is 12.1 Å². The second-order valence-electron chi connectivity index (χ2n) is 6.65. The quantitative estimate of drug-likeness (QED) is 0.714. The van der Waals surface area contributed by atoms with Gasteiger partial charge in [0.2, 0.25) is 11.8 Å². The van der Waals surface area contributed by atoms with E-state index in [1.54, 1.807) is 12.1 Å². The largest absolute Gasteiger partial charge is 0.324 e. The van der Waals surface area contributed by atoms with Gasteiger partial charge in [0, 0.05) is 5.92 Å². The van der Waals surface area contributed by atoms with Crippen LogP contribution in [0.5, 0.6) is 0 Å². The number of carbonyl (C=O) groups is 2. The Morgan fingerprint density at radius 1 is 1.08 bits per heavy atom. The fourth-order valence-corrected chi connectivity index (χ4v) is 3.34. The second-order valence-corrected chi connectivity index (χ2v) is 6.65. The number of benzene rings is 1. The Bertz CT molecular complexity index is 551. The molecule has 1 aliphatic rings. The molecule has 2 amide bonds. The lowest BCUT2D eigenvalue weighted by molar-refractivity contribution is -0.121.